The SMILES string of the molecule is C#CCS(=O)(=O)OC1CCCCC1Oc1ccc(C)cc1. The molecule has 1 aliphatic carbocycles. The topological polar surface area (TPSA) is 52.6 Å². The van der Waals surface area contributed by atoms with Crippen LogP contribution in [0.3, 0.4) is 0 Å². The van der Waals surface area contributed by atoms with Gasteiger partial charge in [-0.2, -0.15) is 8.42 Å². The lowest BCUT2D eigenvalue weighted by molar-refractivity contribution is 0.0274. The zero-order valence-electron chi connectivity index (χ0n) is 12.1. The molecule has 0 spiro atoms. The van der Waals surface area contributed by atoms with Crippen molar-refractivity contribution in [1.29, 1.82) is 0 Å². The fraction of sp³-hybridized carbons (Fsp3) is 0.500. The van der Waals surface area contributed by atoms with Gasteiger partial charge in [-0.25, -0.2) is 0 Å². The van der Waals surface area contributed by atoms with E-state index in [4.69, 9.17) is 15.3 Å². The van der Waals surface area contributed by atoms with Crippen molar-refractivity contribution >= 4 is 10.1 Å². The summed E-state index contributed by atoms with van der Waals surface area (Å²) in [7, 11) is -3.68. The van der Waals surface area contributed by atoms with Gasteiger partial charge in [0.05, 0.1) is 0 Å². The van der Waals surface area contributed by atoms with Gasteiger partial charge in [0, 0.05) is 0 Å². The Morgan fingerprint density at radius 2 is 1.81 bits per heavy atom. The van der Waals surface area contributed by atoms with Crippen LogP contribution in [-0.4, -0.2) is 26.4 Å². The van der Waals surface area contributed by atoms with Crippen LogP contribution in [0.15, 0.2) is 24.3 Å². The lowest BCUT2D eigenvalue weighted by atomic mass is 9.95. The lowest BCUT2D eigenvalue weighted by Gasteiger charge is -2.31. The van der Waals surface area contributed by atoms with Crippen LogP contribution < -0.4 is 4.74 Å². The largest absolute Gasteiger partial charge is 0.488 e. The average molecular weight is 308 g/mol. The van der Waals surface area contributed by atoms with E-state index in [1.54, 1.807) is 0 Å². The highest BCUT2D eigenvalue weighted by Crippen LogP contribution is 2.27. The highest BCUT2D eigenvalue weighted by molar-refractivity contribution is 7.86. The average Bonchev–Trinajstić information content (AvgIpc) is 2.43. The standard InChI is InChI=1S/C16H20O4S/c1-3-12-21(17,18)20-16-7-5-4-6-15(16)19-14-10-8-13(2)9-11-14/h1,8-11,15-16H,4-7,12H2,2H3. The highest BCUT2D eigenvalue weighted by atomic mass is 32.2. The minimum atomic E-state index is -3.68. The van der Waals surface area contributed by atoms with E-state index in [-0.39, 0.29) is 6.10 Å². The maximum absolute atomic E-state index is 11.7. The van der Waals surface area contributed by atoms with Crippen LogP contribution in [0.1, 0.15) is 31.2 Å². The Kier molecular flexibility index (Phi) is 5.27. The summed E-state index contributed by atoms with van der Waals surface area (Å²) < 4.78 is 34.6. The van der Waals surface area contributed by atoms with E-state index in [1.807, 2.05) is 31.2 Å². The van der Waals surface area contributed by atoms with Gasteiger partial charge in [0.15, 0.2) is 0 Å². The molecule has 0 saturated heterocycles. The summed E-state index contributed by atoms with van der Waals surface area (Å²) in [5.41, 5.74) is 1.15. The molecule has 0 amide bonds. The first-order valence-electron chi connectivity index (χ1n) is 7.08. The van der Waals surface area contributed by atoms with E-state index in [0.29, 0.717) is 6.42 Å². The molecule has 0 aromatic heterocycles. The van der Waals surface area contributed by atoms with Gasteiger partial charge in [-0.05, 0) is 38.3 Å². The van der Waals surface area contributed by atoms with Crippen molar-refractivity contribution in [3.63, 3.8) is 0 Å². The van der Waals surface area contributed by atoms with Crippen LogP contribution in [0.4, 0.5) is 0 Å². The zero-order valence-corrected chi connectivity index (χ0v) is 12.9. The van der Waals surface area contributed by atoms with Crippen molar-refractivity contribution < 1.29 is 17.3 Å². The summed E-state index contributed by atoms with van der Waals surface area (Å²) >= 11 is 0. The van der Waals surface area contributed by atoms with Crippen LogP contribution in [0.25, 0.3) is 0 Å². The molecule has 0 bridgehead atoms. The molecule has 2 atom stereocenters. The highest BCUT2D eigenvalue weighted by Gasteiger charge is 2.31. The molecule has 1 aliphatic rings. The Morgan fingerprint density at radius 1 is 1.19 bits per heavy atom. The Hall–Kier alpha value is -1.51. The molecule has 1 fully saturated rings. The summed E-state index contributed by atoms with van der Waals surface area (Å²) in [6.07, 6.45) is 7.73. The predicted octanol–water partition coefficient (Wildman–Crippen LogP) is 2.66. The molecule has 0 aliphatic heterocycles. The number of hydrogen-bond acceptors (Lipinski definition) is 4. The Bertz CT molecular complexity index is 598. The number of benzene rings is 1. The van der Waals surface area contributed by atoms with Gasteiger partial charge in [0.2, 0.25) is 0 Å². The molecule has 0 N–H and O–H groups in total. The van der Waals surface area contributed by atoms with Gasteiger partial charge in [0.1, 0.15) is 23.7 Å². The van der Waals surface area contributed by atoms with E-state index < -0.39 is 22.0 Å². The van der Waals surface area contributed by atoms with Crippen molar-refractivity contribution in [1.82, 2.24) is 0 Å². The minimum absolute atomic E-state index is 0.256. The number of terminal acetylenes is 1. The number of aryl methyl sites for hydroxylation is 1. The van der Waals surface area contributed by atoms with E-state index in [0.717, 1.165) is 30.6 Å². The van der Waals surface area contributed by atoms with Crippen LogP contribution in [0, 0.1) is 19.3 Å². The van der Waals surface area contributed by atoms with Crippen molar-refractivity contribution in [2.75, 3.05) is 5.75 Å². The van der Waals surface area contributed by atoms with Crippen molar-refractivity contribution in [3.8, 4) is 18.1 Å². The monoisotopic (exact) mass is 308 g/mol. The van der Waals surface area contributed by atoms with E-state index >= 15 is 0 Å². The maximum atomic E-state index is 11.7. The predicted molar refractivity (Wildman–Crippen MR) is 81.6 cm³/mol. The van der Waals surface area contributed by atoms with Gasteiger partial charge >= 0.3 is 0 Å². The molecule has 21 heavy (non-hydrogen) atoms. The lowest BCUT2D eigenvalue weighted by Crippen LogP contribution is -2.38. The van der Waals surface area contributed by atoms with Gasteiger partial charge in [-0.15, -0.1) is 6.42 Å². The molecular formula is C16H20O4S. The summed E-state index contributed by atoms with van der Waals surface area (Å²) in [5, 5.41) is 0. The normalized spacial score (nSPS) is 22.5. The van der Waals surface area contributed by atoms with Crippen molar-refractivity contribution in [3.05, 3.63) is 29.8 Å². The van der Waals surface area contributed by atoms with Gasteiger partial charge < -0.3 is 4.74 Å². The third-order valence-corrected chi connectivity index (χ3v) is 4.54. The molecule has 2 rings (SSSR count). The third-order valence-electron chi connectivity index (χ3n) is 3.48. The first-order chi connectivity index (χ1) is 10.00. The molecule has 0 heterocycles. The Morgan fingerprint density at radius 3 is 2.43 bits per heavy atom. The number of ether oxygens (including phenoxy) is 1. The summed E-state index contributed by atoms with van der Waals surface area (Å²) in [4.78, 5) is 0. The van der Waals surface area contributed by atoms with Crippen LogP contribution in [0.5, 0.6) is 5.75 Å². The molecule has 114 valence electrons. The first-order valence-corrected chi connectivity index (χ1v) is 8.65. The van der Waals surface area contributed by atoms with E-state index in [2.05, 4.69) is 5.92 Å². The van der Waals surface area contributed by atoms with Gasteiger partial charge in [0.25, 0.3) is 10.1 Å². The molecule has 5 heteroatoms. The number of rotatable bonds is 5. The second kappa shape index (κ2) is 6.97. The summed E-state index contributed by atoms with van der Waals surface area (Å²) in [6.45, 7) is 2.00. The third kappa shape index (κ3) is 4.76. The molecule has 0 radical (unpaired) electrons. The van der Waals surface area contributed by atoms with Crippen molar-refractivity contribution in [2.45, 2.75) is 44.8 Å². The fourth-order valence-electron chi connectivity index (χ4n) is 2.42. The molecular weight excluding hydrogens is 288 g/mol. The van der Waals surface area contributed by atoms with Gasteiger partial charge in [-0.3, -0.25) is 4.18 Å². The summed E-state index contributed by atoms with van der Waals surface area (Å²) in [5.74, 6) is 2.44. The minimum Gasteiger partial charge on any atom is -0.488 e. The van der Waals surface area contributed by atoms with Gasteiger partial charge in [-0.1, -0.05) is 30.0 Å². The fourth-order valence-corrected chi connectivity index (χ4v) is 3.29. The first kappa shape index (κ1) is 15.9. The molecule has 1 aromatic rings. The Labute approximate surface area is 126 Å². The molecule has 4 nitrogen and oxygen atoms in total. The molecule has 1 aromatic carbocycles. The number of hydrogen-bond donors (Lipinski definition) is 0. The maximum Gasteiger partial charge on any atom is 0.279 e. The smallest absolute Gasteiger partial charge is 0.279 e. The molecule has 2 unspecified atom stereocenters. The Balaban J connectivity index is 2.05. The van der Waals surface area contributed by atoms with Crippen molar-refractivity contribution in [2.24, 2.45) is 0 Å². The van der Waals surface area contributed by atoms with E-state index in [1.165, 1.54) is 0 Å². The molecule has 1 saturated carbocycles. The van der Waals surface area contributed by atoms with E-state index in [9.17, 15) is 8.42 Å². The van der Waals surface area contributed by atoms with Crippen LogP contribution in [0.2, 0.25) is 0 Å². The van der Waals surface area contributed by atoms with Crippen LogP contribution >= 0.6 is 0 Å². The van der Waals surface area contributed by atoms with Crippen LogP contribution in [-0.2, 0) is 14.3 Å². The quantitative estimate of drug-likeness (QED) is 0.620. The zero-order chi connectivity index (χ0) is 15.3. The second-order valence-corrected chi connectivity index (χ2v) is 6.89. The second-order valence-electron chi connectivity index (χ2n) is 5.29. The summed E-state index contributed by atoms with van der Waals surface area (Å²) in [6, 6.07) is 7.69.